The van der Waals surface area contributed by atoms with E-state index in [0.717, 1.165) is 16.9 Å². The zero-order valence-corrected chi connectivity index (χ0v) is 13.1. The highest BCUT2D eigenvalue weighted by Crippen LogP contribution is 2.12. The first kappa shape index (κ1) is 15.9. The zero-order chi connectivity index (χ0) is 16.8. The minimum atomic E-state index is -0.504. The van der Waals surface area contributed by atoms with E-state index in [4.69, 9.17) is 4.74 Å². The van der Waals surface area contributed by atoms with Crippen molar-refractivity contribution in [2.45, 2.75) is 19.2 Å². The van der Waals surface area contributed by atoms with Crippen LogP contribution in [-0.2, 0) is 17.9 Å². The second kappa shape index (κ2) is 7.50. The molecule has 0 radical (unpaired) electrons. The van der Waals surface area contributed by atoms with Crippen molar-refractivity contribution >= 4 is 11.9 Å². The zero-order valence-electron chi connectivity index (χ0n) is 13.1. The van der Waals surface area contributed by atoms with Gasteiger partial charge in [0, 0.05) is 13.1 Å². The third kappa shape index (κ3) is 4.25. The van der Waals surface area contributed by atoms with Gasteiger partial charge in [-0.1, -0.05) is 42.5 Å². The molecule has 0 unspecified atom stereocenters. The van der Waals surface area contributed by atoms with Crippen LogP contribution in [0.3, 0.4) is 0 Å². The van der Waals surface area contributed by atoms with Gasteiger partial charge in [0.25, 0.3) is 0 Å². The molecule has 124 valence electrons. The number of carbonyl (C=O) groups excluding carboxylic acids is 2. The SMILES string of the molecule is O=C1NC[C@H](C(=O)NCc2ccc(COc3ccccc3)cc2)N1. The van der Waals surface area contributed by atoms with E-state index in [1.54, 1.807) is 0 Å². The Balaban J connectivity index is 1.46. The number of nitrogens with one attached hydrogen (secondary N) is 3. The topological polar surface area (TPSA) is 79.5 Å². The number of ether oxygens (including phenoxy) is 1. The molecule has 0 aliphatic carbocycles. The molecule has 0 aromatic heterocycles. The smallest absolute Gasteiger partial charge is 0.315 e. The van der Waals surface area contributed by atoms with Crippen molar-refractivity contribution in [2.24, 2.45) is 0 Å². The molecule has 0 saturated carbocycles. The van der Waals surface area contributed by atoms with Crippen LogP contribution in [0.4, 0.5) is 4.79 Å². The molecule has 1 aliphatic rings. The minimum absolute atomic E-state index is 0.190. The summed E-state index contributed by atoms with van der Waals surface area (Å²) >= 11 is 0. The summed E-state index contributed by atoms with van der Waals surface area (Å²) in [5.74, 6) is 0.644. The summed E-state index contributed by atoms with van der Waals surface area (Å²) in [6.07, 6.45) is 0. The normalized spacial score (nSPS) is 16.2. The van der Waals surface area contributed by atoms with Crippen molar-refractivity contribution in [3.05, 3.63) is 65.7 Å². The number of amides is 3. The lowest BCUT2D eigenvalue weighted by atomic mass is 10.1. The Kier molecular flexibility index (Phi) is 4.96. The van der Waals surface area contributed by atoms with Crippen LogP contribution in [0.15, 0.2) is 54.6 Å². The van der Waals surface area contributed by atoms with E-state index in [1.807, 2.05) is 54.6 Å². The van der Waals surface area contributed by atoms with Gasteiger partial charge in [0.1, 0.15) is 18.4 Å². The van der Waals surface area contributed by atoms with Gasteiger partial charge in [-0.15, -0.1) is 0 Å². The molecule has 2 aromatic rings. The molecule has 3 N–H and O–H groups in total. The van der Waals surface area contributed by atoms with Gasteiger partial charge >= 0.3 is 6.03 Å². The van der Waals surface area contributed by atoms with E-state index in [1.165, 1.54) is 0 Å². The lowest BCUT2D eigenvalue weighted by molar-refractivity contribution is -0.122. The predicted molar refractivity (Wildman–Crippen MR) is 89.4 cm³/mol. The number of rotatable bonds is 6. The second-order valence-electron chi connectivity index (χ2n) is 5.54. The van der Waals surface area contributed by atoms with Crippen LogP contribution >= 0.6 is 0 Å². The molecule has 1 heterocycles. The van der Waals surface area contributed by atoms with Crippen LogP contribution in [0.5, 0.6) is 5.75 Å². The van der Waals surface area contributed by atoms with Crippen LogP contribution in [-0.4, -0.2) is 24.5 Å². The van der Waals surface area contributed by atoms with Gasteiger partial charge in [0.2, 0.25) is 5.91 Å². The third-order valence-electron chi connectivity index (χ3n) is 3.73. The van der Waals surface area contributed by atoms with Gasteiger partial charge in [-0.3, -0.25) is 4.79 Å². The van der Waals surface area contributed by atoms with Crippen LogP contribution < -0.4 is 20.7 Å². The number of hydrogen-bond acceptors (Lipinski definition) is 3. The van der Waals surface area contributed by atoms with E-state index in [-0.39, 0.29) is 11.9 Å². The number of hydrogen-bond donors (Lipinski definition) is 3. The summed E-state index contributed by atoms with van der Waals surface area (Å²) in [7, 11) is 0. The van der Waals surface area contributed by atoms with Gasteiger partial charge in [-0.2, -0.15) is 0 Å². The van der Waals surface area contributed by atoms with E-state index in [2.05, 4.69) is 16.0 Å². The van der Waals surface area contributed by atoms with Gasteiger partial charge in [0.15, 0.2) is 0 Å². The third-order valence-corrected chi connectivity index (χ3v) is 3.73. The van der Waals surface area contributed by atoms with Crippen molar-refractivity contribution in [3.8, 4) is 5.75 Å². The summed E-state index contributed by atoms with van der Waals surface area (Å²) in [5, 5.41) is 7.93. The molecule has 3 rings (SSSR count). The maximum Gasteiger partial charge on any atom is 0.315 e. The fraction of sp³-hybridized carbons (Fsp3) is 0.222. The molecule has 1 saturated heterocycles. The fourth-order valence-electron chi connectivity index (χ4n) is 2.36. The number of para-hydroxylation sites is 1. The molecule has 1 fully saturated rings. The van der Waals surface area contributed by atoms with Gasteiger partial charge in [0.05, 0.1) is 0 Å². The Morgan fingerprint density at radius 3 is 2.46 bits per heavy atom. The summed E-state index contributed by atoms with van der Waals surface area (Å²) in [4.78, 5) is 22.9. The lowest BCUT2D eigenvalue weighted by Crippen LogP contribution is -2.42. The van der Waals surface area contributed by atoms with E-state index >= 15 is 0 Å². The van der Waals surface area contributed by atoms with Crippen LogP contribution in [0.1, 0.15) is 11.1 Å². The van der Waals surface area contributed by atoms with Crippen LogP contribution in [0, 0.1) is 0 Å². The molecule has 6 nitrogen and oxygen atoms in total. The Morgan fingerprint density at radius 1 is 1.08 bits per heavy atom. The Labute approximate surface area is 140 Å². The molecular weight excluding hydrogens is 306 g/mol. The molecule has 1 aliphatic heterocycles. The second-order valence-corrected chi connectivity index (χ2v) is 5.54. The first-order chi connectivity index (χ1) is 11.7. The van der Waals surface area contributed by atoms with Crippen LogP contribution in [0.2, 0.25) is 0 Å². The molecule has 0 bridgehead atoms. The fourth-order valence-corrected chi connectivity index (χ4v) is 2.36. The first-order valence-electron chi connectivity index (χ1n) is 7.78. The first-order valence-corrected chi connectivity index (χ1v) is 7.78. The van der Waals surface area contributed by atoms with Crippen molar-refractivity contribution < 1.29 is 14.3 Å². The van der Waals surface area contributed by atoms with E-state index in [9.17, 15) is 9.59 Å². The Hall–Kier alpha value is -3.02. The highest BCUT2D eigenvalue weighted by molar-refractivity contribution is 5.90. The van der Waals surface area contributed by atoms with Crippen molar-refractivity contribution in [3.63, 3.8) is 0 Å². The average Bonchev–Trinajstić information content (AvgIpc) is 3.06. The molecule has 2 aromatic carbocycles. The largest absolute Gasteiger partial charge is 0.489 e. The predicted octanol–water partition coefficient (Wildman–Crippen LogP) is 1.56. The van der Waals surface area contributed by atoms with Gasteiger partial charge < -0.3 is 20.7 Å². The molecule has 0 spiro atoms. The van der Waals surface area contributed by atoms with Crippen LogP contribution in [0.25, 0.3) is 0 Å². The van der Waals surface area contributed by atoms with Crippen molar-refractivity contribution in [2.75, 3.05) is 6.54 Å². The molecular formula is C18H19N3O3. The summed E-state index contributed by atoms with van der Waals surface area (Å²) in [6.45, 7) is 1.24. The summed E-state index contributed by atoms with van der Waals surface area (Å²) in [5.41, 5.74) is 2.05. The minimum Gasteiger partial charge on any atom is -0.489 e. The molecule has 3 amide bonds. The summed E-state index contributed by atoms with van der Waals surface area (Å²) < 4.78 is 5.69. The highest BCUT2D eigenvalue weighted by Gasteiger charge is 2.26. The molecule has 1 atom stereocenters. The lowest BCUT2D eigenvalue weighted by Gasteiger charge is -2.10. The number of benzene rings is 2. The Morgan fingerprint density at radius 2 is 1.79 bits per heavy atom. The van der Waals surface area contributed by atoms with Crippen molar-refractivity contribution in [1.82, 2.24) is 16.0 Å². The number of urea groups is 1. The highest BCUT2D eigenvalue weighted by atomic mass is 16.5. The Bertz CT molecular complexity index is 701. The maximum absolute atomic E-state index is 11.9. The number of carbonyl (C=O) groups is 2. The maximum atomic E-state index is 11.9. The van der Waals surface area contributed by atoms with E-state index < -0.39 is 6.04 Å². The molecule has 24 heavy (non-hydrogen) atoms. The van der Waals surface area contributed by atoms with Gasteiger partial charge in [-0.05, 0) is 23.3 Å². The monoisotopic (exact) mass is 325 g/mol. The van der Waals surface area contributed by atoms with E-state index in [0.29, 0.717) is 19.7 Å². The quantitative estimate of drug-likeness (QED) is 0.754. The van der Waals surface area contributed by atoms with Gasteiger partial charge in [-0.25, -0.2) is 4.79 Å². The van der Waals surface area contributed by atoms with Crippen molar-refractivity contribution in [1.29, 1.82) is 0 Å². The molecule has 6 heteroatoms. The average molecular weight is 325 g/mol. The standard InChI is InChI=1S/C18H19N3O3/c22-17(16-11-20-18(23)21-16)19-10-13-6-8-14(9-7-13)12-24-15-4-2-1-3-5-15/h1-9,16H,10-12H2,(H,19,22)(H2,20,21,23)/t16-/m1/s1. The summed E-state index contributed by atoms with van der Waals surface area (Å²) in [6, 6.07) is 16.7.